The molecule has 0 saturated carbocycles. The summed E-state index contributed by atoms with van der Waals surface area (Å²) in [7, 11) is 1.71. The van der Waals surface area contributed by atoms with Crippen LogP contribution in [0.5, 0.6) is 0 Å². The summed E-state index contributed by atoms with van der Waals surface area (Å²) in [5, 5.41) is 2.93. The van der Waals surface area contributed by atoms with Gasteiger partial charge in [0.2, 0.25) is 0 Å². The van der Waals surface area contributed by atoms with Crippen LogP contribution < -0.4 is 10.2 Å². The van der Waals surface area contributed by atoms with E-state index in [9.17, 15) is 4.79 Å². The smallest absolute Gasteiger partial charge is 0.326 e. The average Bonchev–Trinajstić information content (AvgIpc) is 2.54. The molecule has 1 N–H and O–H groups in total. The molecule has 2 amide bonds. The highest BCUT2D eigenvalue weighted by molar-refractivity contribution is 6.02. The number of para-hydroxylation sites is 2. The molecule has 1 aliphatic rings. The predicted octanol–water partition coefficient (Wildman–Crippen LogP) is 3.82. The van der Waals surface area contributed by atoms with E-state index in [-0.39, 0.29) is 12.1 Å². The molecule has 0 radical (unpaired) electrons. The number of rotatable bonds is 2. The molecule has 3 rings (SSSR count). The van der Waals surface area contributed by atoms with Crippen molar-refractivity contribution in [3.63, 3.8) is 0 Å². The highest BCUT2D eigenvalue weighted by Gasteiger charge is 2.28. The molecule has 1 unspecified atom stereocenters. The summed E-state index contributed by atoms with van der Waals surface area (Å²) in [6.07, 6.45) is 0.859. The zero-order chi connectivity index (χ0) is 14.7. The van der Waals surface area contributed by atoms with Gasteiger partial charge in [-0.1, -0.05) is 36.4 Å². The van der Waals surface area contributed by atoms with E-state index in [0.29, 0.717) is 6.54 Å². The largest absolute Gasteiger partial charge is 0.377 e. The van der Waals surface area contributed by atoms with E-state index >= 15 is 0 Å². The van der Waals surface area contributed by atoms with Gasteiger partial charge in [0.25, 0.3) is 0 Å². The van der Waals surface area contributed by atoms with Crippen LogP contribution in [0.15, 0.2) is 54.6 Å². The lowest BCUT2D eigenvalue weighted by Crippen LogP contribution is -2.39. The maximum atomic E-state index is 12.5. The minimum atomic E-state index is -0.108. The van der Waals surface area contributed by atoms with Crippen molar-refractivity contribution in [2.45, 2.75) is 12.5 Å². The number of anilines is 2. The third-order valence-electron chi connectivity index (χ3n) is 3.74. The lowest BCUT2D eigenvalue weighted by Gasteiger charge is -2.33. The van der Waals surface area contributed by atoms with Gasteiger partial charge in [-0.15, -0.1) is 0 Å². The van der Waals surface area contributed by atoms with Crippen molar-refractivity contribution in [3.05, 3.63) is 60.2 Å². The molecule has 4 nitrogen and oxygen atoms in total. The fourth-order valence-corrected chi connectivity index (χ4v) is 2.70. The molecule has 108 valence electrons. The van der Waals surface area contributed by atoms with E-state index in [1.165, 1.54) is 0 Å². The van der Waals surface area contributed by atoms with Crippen molar-refractivity contribution in [1.29, 1.82) is 0 Å². The number of fused-ring (bicyclic) bond motifs is 1. The first-order valence-corrected chi connectivity index (χ1v) is 7.05. The molecule has 1 atom stereocenters. The molecule has 0 aromatic heterocycles. The van der Waals surface area contributed by atoms with E-state index in [2.05, 4.69) is 5.32 Å². The first-order valence-electron chi connectivity index (χ1n) is 7.05. The Balaban J connectivity index is 1.84. The number of hydrogen-bond acceptors (Lipinski definition) is 2. The van der Waals surface area contributed by atoms with Gasteiger partial charge in [0, 0.05) is 24.9 Å². The third-order valence-corrected chi connectivity index (χ3v) is 3.74. The highest BCUT2D eigenvalue weighted by Crippen LogP contribution is 2.35. The van der Waals surface area contributed by atoms with Crippen LogP contribution >= 0.6 is 0 Å². The van der Waals surface area contributed by atoms with Crippen LogP contribution in [-0.4, -0.2) is 19.7 Å². The molecule has 0 fully saturated rings. The number of carbonyl (C=O) groups excluding carboxylic acids is 1. The van der Waals surface area contributed by atoms with Crippen molar-refractivity contribution >= 4 is 17.4 Å². The van der Waals surface area contributed by atoms with Gasteiger partial charge in [0.05, 0.1) is 11.8 Å². The second kappa shape index (κ2) is 5.97. The Labute approximate surface area is 124 Å². The van der Waals surface area contributed by atoms with E-state index in [0.717, 1.165) is 23.4 Å². The molecule has 0 spiro atoms. The number of benzene rings is 2. The number of ether oxygens (including phenoxy) is 1. The van der Waals surface area contributed by atoms with Gasteiger partial charge in [-0.25, -0.2) is 4.79 Å². The molecular weight excluding hydrogens is 264 g/mol. The van der Waals surface area contributed by atoms with Gasteiger partial charge in [-0.2, -0.15) is 0 Å². The van der Waals surface area contributed by atoms with Crippen LogP contribution in [0.1, 0.15) is 18.1 Å². The summed E-state index contributed by atoms with van der Waals surface area (Å²) in [5.41, 5.74) is 2.78. The highest BCUT2D eigenvalue weighted by atomic mass is 16.5. The quantitative estimate of drug-likeness (QED) is 0.910. The van der Waals surface area contributed by atoms with Crippen molar-refractivity contribution < 1.29 is 9.53 Å². The Morgan fingerprint density at radius 3 is 2.62 bits per heavy atom. The fraction of sp³-hybridized carbons (Fsp3) is 0.235. The molecule has 1 aliphatic heterocycles. The molecule has 4 heteroatoms. The van der Waals surface area contributed by atoms with Crippen LogP contribution in [0.25, 0.3) is 0 Å². The summed E-state index contributed by atoms with van der Waals surface area (Å²) in [5.74, 6) is 0. The van der Waals surface area contributed by atoms with E-state index in [4.69, 9.17) is 4.74 Å². The van der Waals surface area contributed by atoms with E-state index in [1.807, 2.05) is 54.6 Å². The van der Waals surface area contributed by atoms with Crippen LogP contribution in [0.2, 0.25) is 0 Å². The predicted molar refractivity (Wildman–Crippen MR) is 83.6 cm³/mol. The van der Waals surface area contributed by atoms with Gasteiger partial charge < -0.3 is 10.1 Å². The molecule has 0 aliphatic carbocycles. The van der Waals surface area contributed by atoms with Crippen molar-refractivity contribution in [3.8, 4) is 0 Å². The van der Waals surface area contributed by atoms with E-state index in [1.54, 1.807) is 12.0 Å². The zero-order valence-electron chi connectivity index (χ0n) is 12.0. The molecular formula is C17H18N2O2. The molecule has 2 aromatic rings. The van der Waals surface area contributed by atoms with Crippen molar-refractivity contribution in [2.75, 3.05) is 23.9 Å². The minimum absolute atomic E-state index is 0.0574. The van der Waals surface area contributed by atoms with Crippen LogP contribution in [0.4, 0.5) is 16.2 Å². The number of carbonyl (C=O) groups is 1. The fourth-order valence-electron chi connectivity index (χ4n) is 2.70. The summed E-state index contributed by atoms with van der Waals surface area (Å²) < 4.78 is 5.51. The molecule has 0 bridgehead atoms. The maximum absolute atomic E-state index is 12.5. The second-order valence-corrected chi connectivity index (χ2v) is 5.02. The van der Waals surface area contributed by atoms with Crippen molar-refractivity contribution in [2.24, 2.45) is 0 Å². The minimum Gasteiger partial charge on any atom is -0.377 e. The Hall–Kier alpha value is -2.33. The van der Waals surface area contributed by atoms with Gasteiger partial charge in [0.1, 0.15) is 0 Å². The van der Waals surface area contributed by atoms with Crippen LogP contribution in [0, 0.1) is 0 Å². The average molecular weight is 282 g/mol. The van der Waals surface area contributed by atoms with Gasteiger partial charge >= 0.3 is 6.03 Å². The molecule has 1 heterocycles. The number of methoxy groups -OCH3 is 1. The topological polar surface area (TPSA) is 41.6 Å². The standard InChI is InChI=1S/C17H18N2O2/c1-21-16-11-12-19(15-10-6-5-9-14(15)16)17(20)18-13-7-3-2-4-8-13/h2-10,16H,11-12H2,1H3,(H,18,20). The van der Waals surface area contributed by atoms with E-state index < -0.39 is 0 Å². The molecule has 2 aromatic carbocycles. The number of nitrogens with zero attached hydrogens (tertiary/aromatic N) is 1. The van der Waals surface area contributed by atoms with Crippen LogP contribution in [0.3, 0.4) is 0 Å². The van der Waals surface area contributed by atoms with Crippen molar-refractivity contribution in [1.82, 2.24) is 0 Å². The number of urea groups is 1. The first-order chi connectivity index (χ1) is 10.3. The van der Waals surface area contributed by atoms with Gasteiger partial charge in [0.15, 0.2) is 0 Å². The number of hydrogen-bond donors (Lipinski definition) is 1. The second-order valence-electron chi connectivity index (χ2n) is 5.02. The lowest BCUT2D eigenvalue weighted by molar-refractivity contribution is 0.0943. The Bertz CT molecular complexity index is 628. The maximum Gasteiger partial charge on any atom is 0.326 e. The first kappa shape index (κ1) is 13.6. The van der Waals surface area contributed by atoms with Gasteiger partial charge in [-0.3, -0.25) is 4.90 Å². The number of amides is 2. The summed E-state index contributed by atoms with van der Waals surface area (Å²) in [6, 6.07) is 17.3. The zero-order valence-corrected chi connectivity index (χ0v) is 12.0. The Morgan fingerprint density at radius 1 is 1.14 bits per heavy atom. The lowest BCUT2D eigenvalue weighted by atomic mass is 9.99. The molecule has 0 saturated heterocycles. The SMILES string of the molecule is COC1CCN(C(=O)Nc2ccccc2)c2ccccc21. The van der Waals surface area contributed by atoms with Crippen LogP contribution in [-0.2, 0) is 4.74 Å². The monoisotopic (exact) mass is 282 g/mol. The summed E-state index contributed by atoms with van der Waals surface area (Å²) in [4.78, 5) is 14.3. The summed E-state index contributed by atoms with van der Waals surface area (Å²) >= 11 is 0. The Morgan fingerprint density at radius 2 is 1.86 bits per heavy atom. The number of nitrogens with one attached hydrogen (secondary N) is 1. The molecule has 21 heavy (non-hydrogen) atoms. The van der Waals surface area contributed by atoms with Gasteiger partial charge in [-0.05, 0) is 24.6 Å². The summed E-state index contributed by atoms with van der Waals surface area (Å²) in [6.45, 7) is 0.647. The Kier molecular flexibility index (Phi) is 3.88. The third kappa shape index (κ3) is 2.76. The normalized spacial score (nSPS) is 17.2.